The monoisotopic (exact) mass is 430 g/mol. The maximum atomic E-state index is 13.3. The number of aliphatic hydroxyl groups is 1. The molecule has 0 radical (unpaired) electrons. The van der Waals surface area contributed by atoms with Crippen molar-refractivity contribution in [3.8, 4) is 11.3 Å². The maximum Gasteiger partial charge on any atom is 0.276 e. The Bertz CT molecular complexity index is 909. The highest BCUT2D eigenvalue weighted by atomic mass is 16.6. The molecule has 31 heavy (non-hydrogen) atoms. The molecule has 0 spiro atoms. The number of nitrogens with zero attached hydrogens (tertiary/aromatic N) is 3. The zero-order chi connectivity index (χ0) is 22.7. The first-order chi connectivity index (χ1) is 14.7. The predicted octanol–water partition coefficient (Wildman–Crippen LogP) is 3.44. The number of carbonyl (C=O) groups excluding carboxylic acids is 1. The number of nitrogens with one attached hydrogen (secondary N) is 1. The number of rotatable bonds is 7. The second kappa shape index (κ2) is 9.57. The summed E-state index contributed by atoms with van der Waals surface area (Å²) in [6, 6.07) is 7.03. The van der Waals surface area contributed by atoms with E-state index in [-0.39, 0.29) is 29.4 Å². The Kier molecular flexibility index (Phi) is 7.07. The molecule has 0 bridgehead atoms. The van der Waals surface area contributed by atoms with Gasteiger partial charge in [-0.3, -0.25) is 20.2 Å². The number of aliphatic hydroxyl groups excluding tert-OH is 1. The van der Waals surface area contributed by atoms with Crippen molar-refractivity contribution in [2.24, 2.45) is 11.8 Å². The van der Waals surface area contributed by atoms with E-state index in [1.165, 1.54) is 12.1 Å². The van der Waals surface area contributed by atoms with Crippen LogP contribution >= 0.6 is 0 Å². The molecule has 1 amide bonds. The zero-order valence-corrected chi connectivity index (χ0v) is 18.3. The number of amides is 1. The highest BCUT2D eigenvalue weighted by Crippen LogP contribution is 2.26. The highest BCUT2D eigenvalue weighted by Gasteiger charge is 2.39. The molecule has 168 valence electrons. The molecule has 1 aromatic carbocycles. The van der Waals surface area contributed by atoms with Crippen LogP contribution < -0.4 is 5.32 Å². The molecule has 3 atom stereocenters. The minimum absolute atomic E-state index is 0.0107. The fourth-order valence-corrected chi connectivity index (χ4v) is 4.04. The van der Waals surface area contributed by atoms with Gasteiger partial charge in [0.2, 0.25) is 0 Å². The Hall–Kier alpha value is -2.78. The molecule has 3 unspecified atom stereocenters. The van der Waals surface area contributed by atoms with Gasteiger partial charge in [-0.2, -0.15) is 0 Å². The molecule has 1 aliphatic heterocycles. The second-order valence-corrected chi connectivity index (χ2v) is 8.97. The van der Waals surface area contributed by atoms with Crippen LogP contribution in [-0.4, -0.2) is 50.8 Å². The summed E-state index contributed by atoms with van der Waals surface area (Å²) in [5.74, 6) is 0.778. The number of nitro groups is 1. The van der Waals surface area contributed by atoms with E-state index in [9.17, 15) is 20.0 Å². The molecule has 0 saturated carbocycles. The molecular formula is C22H30N4O5. The summed E-state index contributed by atoms with van der Waals surface area (Å²) in [6.45, 7) is 8.80. The van der Waals surface area contributed by atoms with Crippen LogP contribution in [0.1, 0.15) is 51.0 Å². The van der Waals surface area contributed by atoms with Crippen LogP contribution in [0.3, 0.4) is 0 Å². The van der Waals surface area contributed by atoms with Crippen LogP contribution in [0.4, 0.5) is 5.69 Å². The molecule has 0 aliphatic carbocycles. The molecule has 3 rings (SSSR count). The molecule has 1 aromatic heterocycles. The number of benzene rings is 1. The lowest BCUT2D eigenvalue weighted by Crippen LogP contribution is -2.64. The normalized spacial score (nSPS) is 21.6. The van der Waals surface area contributed by atoms with Gasteiger partial charge in [0.1, 0.15) is 6.23 Å². The average molecular weight is 431 g/mol. The van der Waals surface area contributed by atoms with E-state index < -0.39 is 11.2 Å². The van der Waals surface area contributed by atoms with Gasteiger partial charge in [0.25, 0.3) is 11.6 Å². The predicted molar refractivity (Wildman–Crippen MR) is 115 cm³/mol. The highest BCUT2D eigenvalue weighted by molar-refractivity contribution is 5.93. The van der Waals surface area contributed by atoms with E-state index in [1.807, 2.05) is 0 Å². The van der Waals surface area contributed by atoms with Crippen molar-refractivity contribution in [2.45, 2.75) is 58.8 Å². The fraction of sp³-hybridized carbons (Fsp3) is 0.545. The third-order valence-electron chi connectivity index (χ3n) is 5.41. The first-order valence-electron chi connectivity index (χ1n) is 10.6. The quantitative estimate of drug-likeness (QED) is 0.510. The molecule has 9 heteroatoms. The molecule has 2 aromatic rings. The molecule has 9 nitrogen and oxygen atoms in total. The number of hydrogen-bond acceptors (Lipinski definition) is 7. The molecule has 2 N–H and O–H groups in total. The minimum atomic E-state index is -0.815. The molecule has 1 fully saturated rings. The van der Waals surface area contributed by atoms with Crippen LogP contribution in [0.5, 0.6) is 0 Å². The number of carbonyl (C=O) groups is 1. The number of hydrogen-bond donors (Lipinski definition) is 2. The largest absolute Gasteiger partial charge is 0.376 e. The summed E-state index contributed by atoms with van der Waals surface area (Å²) in [4.78, 5) is 25.4. The Morgan fingerprint density at radius 2 is 1.90 bits per heavy atom. The van der Waals surface area contributed by atoms with E-state index in [2.05, 4.69) is 38.2 Å². The lowest BCUT2D eigenvalue weighted by Gasteiger charge is -2.44. The maximum absolute atomic E-state index is 13.3. The number of aromatic nitrogens is 1. The van der Waals surface area contributed by atoms with Crippen LogP contribution in [0, 0.1) is 22.0 Å². The van der Waals surface area contributed by atoms with Crippen LogP contribution in [0.15, 0.2) is 34.9 Å². The van der Waals surface area contributed by atoms with Crippen LogP contribution in [-0.2, 0) is 0 Å². The van der Waals surface area contributed by atoms with Crippen molar-refractivity contribution in [3.05, 3.63) is 46.1 Å². The lowest BCUT2D eigenvalue weighted by atomic mass is 9.94. The molecule has 2 heterocycles. The summed E-state index contributed by atoms with van der Waals surface area (Å²) in [6.07, 6.45) is 0.675. The average Bonchev–Trinajstić information content (AvgIpc) is 3.19. The minimum Gasteiger partial charge on any atom is -0.376 e. The number of piperazine rings is 1. The Balaban J connectivity index is 1.83. The van der Waals surface area contributed by atoms with Gasteiger partial charge in [-0.05, 0) is 36.8 Å². The topological polar surface area (TPSA) is 122 Å². The molecule has 1 saturated heterocycles. The number of non-ortho nitro benzene ring substituents is 1. The second-order valence-electron chi connectivity index (χ2n) is 8.97. The Labute approximate surface area is 181 Å². The van der Waals surface area contributed by atoms with E-state index in [1.54, 1.807) is 23.1 Å². The SMILES string of the molecule is CC(C)CC1CN(C(=O)c2cc(-c3ccc([N+](=O)[O-])cc3)on2)C(CC(C)C)C(O)N1. The third kappa shape index (κ3) is 5.48. The third-order valence-corrected chi connectivity index (χ3v) is 5.41. The fourth-order valence-electron chi connectivity index (χ4n) is 4.04. The van der Waals surface area contributed by atoms with Gasteiger partial charge in [0.05, 0.1) is 11.0 Å². The van der Waals surface area contributed by atoms with Crippen LogP contribution in [0.2, 0.25) is 0 Å². The standard InChI is InChI=1S/C22H30N4O5/c1-13(2)9-16-12-25(19(10-14(3)4)21(27)23-16)22(28)18-11-20(31-24-18)15-5-7-17(8-6-15)26(29)30/h5-8,11,13-14,16,19,21,23,27H,9-10,12H2,1-4H3. The van der Waals surface area contributed by atoms with Gasteiger partial charge in [0, 0.05) is 36.3 Å². The van der Waals surface area contributed by atoms with Gasteiger partial charge in [-0.25, -0.2) is 0 Å². The summed E-state index contributed by atoms with van der Waals surface area (Å²) in [5, 5.41) is 28.8. The van der Waals surface area contributed by atoms with Crippen molar-refractivity contribution in [1.29, 1.82) is 0 Å². The van der Waals surface area contributed by atoms with E-state index in [0.717, 1.165) is 6.42 Å². The summed E-state index contributed by atoms with van der Waals surface area (Å²) >= 11 is 0. The first kappa shape index (κ1) is 22.9. The van der Waals surface area contributed by atoms with Crippen molar-refractivity contribution < 1.29 is 19.3 Å². The van der Waals surface area contributed by atoms with E-state index in [0.29, 0.717) is 36.1 Å². The Morgan fingerprint density at radius 1 is 1.26 bits per heavy atom. The van der Waals surface area contributed by atoms with E-state index >= 15 is 0 Å². The van der Waals surface area contributed by atoms with Crippen molar-refractivity contribution in [2.75, 3.05) is 6.54 Å². The lowest BCUT2D eigenvalue weighted by molar-refractivity contribution is -0.384. The Morgan fingerprint density at radius 3 is 2.48 bits per heavy atom. The van der Waals surface area contributed by atoms with Gasteiger partial charge in [-0.1, -0.05) is 32.9 Å². The van der Waals surface area contributed by atoms with Gasteiger partial charge in [0.15, 0.2) is 11.5 Å². The van der Waals surface area contributed by atoms with Crippen LogP contribution in [0.25, 0.3) is 11.3 Å². The van der Waals surface area contributed by atoms with E-state index in [4.69, 9.17) is 4.52 Å². The summed E-state index contributed by atoms with van der Waals surface area (Å²) < 4.78 is 5.35. The van der Waals surface area contributed by atoms with Gasteiger partial charge >= 0.3 is 0 Å². The summed E-state index contributed by atoms with van der Waals surface area (Å²) in [7, 11) is 0. The van der Waals surface area contributed by atoms with Gasteiger partial charge in [-0.15, -0.1) is 0 Å². The molecule has 1 aliphatic rings. The molecular weight excluding hydrogens is 400 g/mol. The van der Waals surface area contributed by atoms with Crippen molar-refractivity contribution in [1.82, 2.24) is 15.4 Å². The van der Waals surface area contributed by atoms with Gasteiger partial charge < -0.3 is 14.5 Å². The number of nitro benzene ring substituents is 1. The smallest absolute Gasteiger partial charge is 0.276 e. The first-order valence-corrected chi connectivity index (χ1v) is 10.6. The summed E-state index contributed by atoms with van der Waals surface area (Å²) in [5.41, 5.74) is 0.718. The van der Waals surface area contributed by atoms with Crippen molar-refractivity contribution in [3.63, 3.8) is 0 Å². The van der Waals surface area contributed by atoms with Crippen molar-refractivity contribution >= 4 is 11.6 Å². The zero-order valence-electron chi connectivity index (χ0n) is 18.3.